The quantitative estimate of drug-likeness (QED) is 0.790. The third-order valence-electron chi connectivity index (χ3n) is 2.87. The minimum atomic E-state index is 0.129. The molecule has 0 saturated carbocycles. The highest BCUT2D eigenvalue weighted by Gasteiger charge is 2.23. The zero-order chi connectivity index (χ0) is 12.4. The number of anilines is 1. The van der Waals surface area contributed by atoms with Crippen LogP contribution in [0, 0.1) is 0 Å². The molecule has 2 nitrogen and oxygen atoms in total. The van der Waals surface area contributed by atoms with Gasteiger partial charge in [0.1, 0.15) is 0 Å². The molecule has 0 N–H and O–H groups in total. The molecular weight excluding hydrogens is 298 g/mol. The Hall–Kier alpha value is -0.480. The molecule has 0 aromatic heterocycles. The van der Waals surface area contributed by atoms with E-state index in [2.05, 4.69) is 35.0 Å². The third-order valence-corrected chi connectivity index (χ3v) is 5.05. The molecular formula is C13H16BrNOS. The molecule has 0 fully saturated rings. The molecule has 0 unspecified atom stereocenters. The van der Waals surface area contributed by atoms with E-state index in [1.165, 1.54) is 16.9 Å². The highest BCUT2D eigenvalue weighted by atomic mass is 79.9. The van der Waals surface area contributed by atoms with Crippen molar-refractivity contribution in [3.63, 3.8) is 0 Å². The van der Waals surface area contributed by atoms with Crippen LogP contribution in [0.2, 0.25) is 0 Å². The second-order valence-electron chi connectivity index (χ2n) is 4.18. The molecule has 0 spiro atoms. The number of amides is 1. The van der Waals surface area contributed by atoms with Crippen LogP contribution < -0.4 is 4.90 Å². The second-order valence-corrected chi connectivity index (χ2v) is 6.17. The smallest absolute Gasteiger partial charge is 0.223 e. The maximum absolute atomic E-state index is 11.5. The fourth-order valence-corrected chi connectivity index (χ4v) is 3.56. The number of nitrogens with zero attached hydrogens (tertiary/aromatic N) is 1. The molecule has 17 heavy (non-hydrogen) atoms. The topological polar surface area (TPSA) is 20.3 Å². The first-order valence-electron chi connectivity index (χ1n) is 5.86. The lowest BCUT2D eigenvalue weighted by Gasteiger charge is -2.15. The van der Waals surface area contributed by atoms with Crippen molar-refractivity contribution in [2.45, 2.75) is 31.6 Å². The molecule has 1 aromatic carbocycles. The van der Waals surface area contributed by atoms with Crippen LogP contribution in [0.3, 0.4) is 0 Å². The number of rotatable bonds is 3. The van der Waals surface area contributed by atoms with E-state index in [0.29, 0.717) is 0 Å². The molecule has 92 valence electrons. The van der Waals surface area contributed by atoms with E-state index < -0.39 is 0 Å². The van der Waals surface area contributed by atoms with Gasteiger partial charge in [0.05, 0.1) is 0 Å². The van der Waals surface area contributed by atoms with E-state index in [1.807, 2.05) is 16.7 Å². The Morgan fingerprint density at radius 3 is 2.94 bits per heavy atom. The number of carbonyl (C=O) groups excluding carboxylic acids is 1. The monoisotopic (exact) mass is 313 g/mol. The van der Waals surface area contributed by atoms with E-state index in [4.69, 9.17) is 0 Å². The van der Waals surface area contributed by atoms with Crippen LogP contribution in [0.5, 0.6) is 0 Å². The van der Waals surface area contributed by atoms with Gasteiger partial charge >= 0.3 is 0 Å². The lowest BCUT2D eigenvalue weighted by molar-refractivity contribution is -0.116. The fourth-order valence-electron chi connectivity index (χ4n) is 2.04. The molecule has 1 amide bonds. The van der Waals surface area contributed by atoms with Crippen LogP contribution in [0.1, 0.15) is 25.8 Å². The molecule has 0 radical (unpaired) electrons. The van der Waals surface area contributed by atoms with Crippen molar-refractivity contribution in [3.05, 3.63) is 22.2 Å². The first-order chi connectivity index (χ1) is 8.13. The van der Waals surface area contributed by atoms with Crippen molar-refractivity contribution in [2.75, 3.05) is 17.2 Å². The van der Waals surface area contributed by atoms with Crippen LogP contribution in [0.4, 0.5) is 5.69 Å². The summed E-state index contributed by atoms with van der Waals surface area (Å²) in [5, 5.41) is 0. The summed E-state index contributed by atoms with van der Waals surface area (Å²) in [4.78, 5) is 14.6. The summed E-state index contributed by atoms with van der Waals surface area (Å²) in [6.45, 7) is 4.63. The van der Waals surface area contributed by atoms with E-state index in [9.17, 15) is 4.79 Å². The van der Waals surface area contributed by atoms with Crippen molar-refractivity contribution in [1.29, 1.82) is 0 Å². The Morgan fingerprint density at radius 1 is 1.53 bits per heavy atom. The second kappa shape index (κ2) is 5.44. The van der Waals surface area contributed by atoms with Gasteiger partial charge in [-0.25, -0.2) is 0 Å². The van der Waals surface area contributed by atoms with Gasteiger partial charge in [0, 0.05) is 28.5 Å². The van der Waals surface area contributed by atoms with Gasteiger partial charge in [0.25, 0.3) is 0 Å². The number of carbonyl (C=O) groups is 1. The Balaban J connectivity index is 2.30. The van der Waals surface area contributed by atoms with Gasteiger partial charge in [-0.05, 0) is 52.2 Å². The van der Waals surface area contributed by atoms with Crippen LogP contribution >= 0.6 is 27.7 Å². The van der Waals surface area contributed by atoms with Gasteiger partial charge in [-0.1, -0.05) is 6.92 Å². The minimum absolute atomic E-state index is 0.129. The van der Waals surface area contributed by atoms with Gasteiger partial charge in [-0.3, -0.25) is 4.79 Å². The maximum atomic E-state index is 11.5. The molecule has 4 heteroatoms. The van der Waals surface area contributed by atoms with E-state index in [1.54, 1.807) is 6.92 Å². The highest BCUT2D eigenvalue weighted by Crippen LogP contribution is 2.37. The number of thioether (sulfide) groups is 1. The predicted molar refractivity (Wildman–Crippen MR) is 76.9 cm³/mol. The minimum Gasteiger partial charge on any atom is -0.312 e. The molecule has 1 aliphatic heterocycles. The molecule has 2 rings (SSSR count). The first kappa shape index (κ1) is 13.0. The summed E-state index contributed by atoms with van der Waals surface area (Å²) >= 11 is 5.47. The average molecular weight is 314 g/mol. The number of hydrogen-bond donors (Lipinski definition) is 0. The van der Waals surface area contributed by atoms with Crippen molar-refractivity contribution >= 4 is 39.3 Å². The number of hydrogen-bond acceptors (Lipinski definition) is 2. The summed E-state index contributed by atoms with van der Waals surface area (Å²) in [7, 11) is 0. The normalized spacial score (nSPS) is 13.9. The standard InChI is InChI=1S/C13H16BrNOS/c1-3-6-17-13-7-10-4-5-15(9(2)16)12(10)8-11(13)14/h7-8H,3-6H2,1-2H3. The third kappa shape index (κ3) is 2.68. The van der Waals surface area contributed by atoms with Crippen molar-refractivity contribution < 1.29 is 4.79 Å². The number of fused-ring (bicyclic) bond motifs is 1. The van der Waals surface area contributed by atoms with Gasteiger partial charge in [0.2, 0.25) is 5.91 Å². The van der Waals surface area contributed by atoms with E-state index in [-0.39, 0.29) is 5.91 Å². The first-order valence-corrected chi connectivity index (χ1v) is 7.64. The van der Waals surface area contributed by atoms with Gasteiger partial charge in [-0.15, -0.1) is 11.8 Å². The van der Waals surface area contributed by atoms with Crippen LogP contribution in [0.25, 0.3) is 0 Å². The SMILES string of the molecule is CCCSc1cc2c(cc1Br)N(C(C)=O)CC2. The zero-order valence-electron chi connectivity index (χ0n) is 10.1. The largest absolute Gasteiger partial charge is 0.312 e. The Labute approximate surface area is 115 Å². The van der Waals surface area contributed by atoms with Crippen molar-refractivity contribution in [1.82, 2.24) is 0 Å². The molecule has 0 bridgehead atoms. The molecule has 0 aliphatic carbocycles. The fraction of sp³-hybridized carbons (Fsp3) is 0.462. The average Bonchev–Trinajstić information content (AvgIpc) is 2.68. The molecule has 0 atom stereocenters. The lowest BCUT2D eigenvalue weighted by Crippen LogP contribution is -2.25. The Bertz CT molecular complexity index is 447. The summed E-state index contributed by atoms with van der Waals surface area (Å²) in [5.41, 5.74) is 2.37. The summed E-state index contributed by atoms with van der Waals surface area (Å²) < 4.78 is 1.10. The summed E-state index contributed by atoms with van der Waals surface area (Å²) in [6.07, 6.45) is 2.15. The van der Waals surface area contributed by atoms with E-state index >= 15 is 0 Å². The van der Waals surface area contributed by atoms with Gasteiger partial charge in [-0.2, -0.15) is 0 Å². The van der Waals surface area contributed by atoms with Gasteiger partial charge in [0.15, 0.2) is 0 Å². The Kier molecular flexibility index (Phi) is 4.15. The van der Waals surface area contributed by atoms with Crippen molar-refractivity contribution in [3.8, 4) is 0 Å². The van der Waals surface area contributed by atoms with Gasteiger partial charge < -0.3 is 4.90 Å². The highest BCUT2D eigenvalue weighted by molar-refractivity contribution is 9.10. The van der Waals surface area contributed by atoms with E-state index in [0.717, 1.165) is 28.9 Å². The lowest BCUT2D eigenvalue weighted by atomic mass is 10.2. The number of halogens is 1. The van der Waals surface area contributed by atoms with Crippen molar-refractivity contribution in [2.24, 2.45) is 0 Å². The molecule has 1 aromatic rings. The van der Waals surface area contributed by atoms with Crippen LogP contribution in [-0.4, -0.2) is 18.2 Å². The summed E-state index contributed by atoms with van der Waals surface area (Å²) in [6, 6.07) is 4.31. The number of benzene rings is 1. The van der Waals surface area contributed by atoms with Crippen LogP contribution in [0.15, 0.2) is 21.5 Å². The molecule has 1 heterocycles. The predicted octanol–water partition coefficient (Wildman–Crippen LogP) is 3.86. The zero-order valence-corrected chi connectivity index (χ0v) is 12.5. The Morgan fingerprint density at radius 2 is 2.29 bits per heavy atom. The molecule has 1 aliphatic rings. The van der Waals surface area contributed by atoms with Crippen LogP contribution in [-0.2, 0) is 11.2 Å². The molecule has 0 saturated heterocycles. The summed E-state index contributed by atoms with van der Waals surface area (Å²) in [5.74, 6) is 1.26. The maximum Gasteiger partial charge on any atom is 0.223 e.